The number of hydrogen-bond acceptors (Lipinski definition) is 2. The van der Waals surface area contributed by atoms with Gasteiger partial charge >= 0.3 is 0 Å². The average Bonchev–Trinajstić information content (AvgIpc) is 2.29. The molecular weight excluding hydrogens is 196 g/mol. The smallest absolute Gasteiger partial charge is 0.0258 e. The van der Waals surface area contributed by atoms with E-state index in [9.17, 15) is 0 Å². The molecule has 0 atom stereocenters. The van der Waals surface area contributed by atoms with Crippen molar-refractivity contribution in [3.8, 4) is 0 Å². The number of rotatable bonds is 3. The van der Waals surface area contributed by atoms with Crippen LogP contribution in [0.2, 0.25) is 0 Å². The van der Waals surface area contributed by atoms with Gasteiger partial charge in [-0.1, -0.05) is 39.7 Å². The van der Waals surface area contributed by atoms with Crippen molar-refractivity contribution in [1.29, 1.82) is 0 Å². The highest BCUT2D eigenvalue weighted by atomic mass is 15.2. The van der Waals surface area contributed by atoms with Crippen LogP contribution in [0.4, 0.5) is 0 Å². The predicted octanol–water partition coefficient (Wildman–Crippen LogP) is 3.01. The van der Waals surface area contributed by atoms with E-state index in [4.69, 9.17) is 0 Å². The van der Waals surface area contributed by atoms with Gasteiger partial charge in [-0.3, -0.25) is 0 Å². The van der Waals surface area contributed by atoms with Gasteiger partial charge in [0.05, 0.1) is 0 Å². The van der Waals surface area contributed by atoms with E-state index in [2.05, 4.69) is 23.8 Å². The molecule has 0 amide bonds. The van der Waals surface area contributed by atoms with Crippen LogP contribution in [0.25, 0.3) is 0 Å². The lowest BCUT2D eigenvalue weighted by atomic mass is 9.92. The highest BCUT2D eigenvalue weighted by Gasteiger charge is 2.27. The normalized spacial score (nSPS) is 22.9. The average molecular weight is 224 g/mol. The fraction of sp³-hybridized carbons (Fsp3) is 0.857. The topological polar surface area (TPSA) is 15.3 Å². The molecule has 2 aliphatic rings. The minimum absolute atomic E-state index is 0.710. The molecule has 0 bridgehead atoms. The molecule has 2 fully saturated rings. The lowest BCUT2D eigenvalue weighted by molar-refractivity contribution is 0.152. The van der Waals surface area contributed by atoms with Crippen LogP contribution in [0, 0.1) is 5.92 Å². The van der Waals surface area contributed by atoms with Crippen molar-refractivity contribution in [2.24, 2.45) is 5.92 Å². The highest BCUT2D eigenvalue weighted by Crippen LogP contribution is 2.23. The van der Waals surface area contributed by atoms with E-state index in [1.54, 1.807) is 0 Å². The van der Waals surface area contributed by atoms with Gasteiger partial charge in [0.25, 0.3) is 0 Å². The fourth-order valence-corrected chi connectivity index (χ4v) is 2.55. The maximum absolute atomic E-state index is 4.17. The summed E-state index contributed by atoms with van der Waals surface area (Å²) in [6, 6.07) is 0.724. The van der Waals surface area contributed by atoms with Crippen LogP contribution in [-0.2, 0) is 0 Å². The van der Waals surface area contributed by atoms with Gasteiger partial charge < -0.3 is 10.2 Å². The van der Waals surface area contributed by atoms with Gasteiger partial charge in [-0.05, 0) is 19.9 Å². The summed E-state index contributed by atoms with van der Waals surface area (Å²) in [6.07, 6.45) is 6.92. The Labute approximate surface area is 101 Å². The van der Waals surface area contributed by atoms with Gasteiger partial charge in [-0.25, -0.2) is 0 Å². The minimum atomic E-state index is 0.710. The maximum atomic E-state index is 4.17. The third kappa shape index (κ3) is 3.82. The van der Waals surface area contributed by atoms with Crippen molar-refractivity contribution in [2.45, 2.75) is 52.0 Å². The summed E-state index contributed by atoms with van der Waals surface area (Å²) in [5.74, 6) is 0.710. The maximum Gasteiger partial charge on any atom is 0.0258 e. The van der Waals surface area contributed by atoms with Crippen molar-refractivity contribution in [2.75, 3.05) is 20.1 Å². The molecule has 0 radical (unpaired) electrons. The largest absolute Gasteiger partial charge is 0.386 e. The molecule has 0 unspecified atom stereocenters. The summed E-state index contributed by atoms with van der Waals surface area (Å²) in [7, 11) is 2.17. The summed E-state index contributed by atoms with van der Waals surface area (Å²) in [5.41, 5.74) is 1.29. The van der Waals surface area contributed by atoms with Gasteiger partial charge in [-0.15, -0.1) is 0 Å². The zero-order valence-corrected chi connectivity index (χ0v) is 11.3. The molecule has 1 N–H and O–H groups in total. The number of hydrogen-bond donors (Lipinski definition) is 1. The second-order valence-electron chi connectivity index (χ2n) is 4.92. The standard InChI is InChI=1S/C12H22N2.C2H6/c1-10(11-8-14(2)9-11)13-12-6-4-3-5-7-12;1-2/h11-13H,1,3-9H2,2H3;1-2H3. The van der Waals surface area contributed by atoms with Crippen LogP contribution < -0.4 is 5.32 Å². The molecule has 1 aliphatic carbocycles. The highest BCUT2D eigenvalue weighted by molar-refractivity contribution is 5.06. The summed E-state index contributed by atoms with van der Waals surface area (Å²) >= 11 is 0. The van der Waals surface area contributed by atoms with Crippen LogP contribution >= 0.6 is 0 Å². The van der Waals surface area contributed by atoms with Crippen molar-refractivity contribution < 1.29 is 0 Å². The number of nitrogens with zero attached hydrogens (tertiary/aromatic N) is 1. The Morgan fingerprint density at radius 2 is 1.69 bits per heavy atom. The third-order valence-electron chi connectivity index (χ3n) is 3.55. The Balaban J connectivity index is 0.000000606. The van der Waals surface area contributed by atoms with Gasteiger partial charge in [0.2, 0.25) is 0 Å². The number of likely N-dealkylation sites (tertiary alicyclic amines) is 1. The molecule has 1 heterocycles. The zero-order valence-electron chi connectivity index (χ0n) is 11.3. The first kappa shape index (κ1) is 13.6. The van der Waals surface area contributed by atoms with E-state index in [1.807, 2.05) is 13.8 Å². The van der Waals surface area contributed by atoms with E-state index >= 15 is 0 Å². The third-order valence-corrected chi connectivity index (χ3v) is 3.55. The summed E-state index contributed by atoms with van der Waals surface area (Å²) < 4.78 is 0. The van der Waals surface area contributed by atoms with E-state index in [-0.39, 0.29) is 0 Å². The first-order chi connectivity index (χ1) is 7.75. The Bertz CT molecular complexity index is 201. The Morgan fingerprint density at radius 3 is 2.19 bits per heavy atom. The molecule has 1 saturated carbocycles. The molecule has 94 valence electrons. The first-order valence-corrected chi connectivity index (χ1v) is 6.89. The van der Waals surface area contributed by atoms with E-state index < -0.39 is 0 Å². The molecular formula is C14H28N2. The van der Waals surface area contributed by atoms with Crippen LogP contribution in [0.1, 0.15) is 46.0 Å². The van der Waals surface area contributed by atoms with Gasteiger partial charge in [0.1, 0.15) is 0 Å². The Morgan fingerprint density at radius 1 is 1.12 bits per heavy atom. The molecule has 1 aliphatic heterocycles. The Hall–Kier alpha value is -0.500. The molecule has 0 aromatic rings. The minimum Gasteiger partial charge on any atom is -0.386 e. The lowest BCUT2D eigenvalue weighted by Crippen LogP contribution is -2.48. The molecule has 0 spiro atoms. The molecule has 16 heavy (non-hydrogen) atoms. The van der Waals surface area contributed by atoms with Crippen LogP contribution in [0.5, 0.6) is 0 Å². The summed E-state index contributed by atoms with van der Waals surface area (Å²) in [5, 5.41) is 3.62. The van der Waals surface area contributed by atoms with Crippen LogP contribution in [-0.4, -0.2) is 31.1 Å². The second kappa shape index (κ2) is 6.95. The summed E-state index contributed by atoms with van der Waals surface area (Å²) in [4.78, 5) is 2.35. The van der Waals surface area contributed by atoms with Crippen molar-refractivity contribution in [3.63, 3.8) is 0 Å². The Kier molecular flexibility index (Phi) is 5.89. The van der Waals surface area contributed by atoms with Crippen LogP contribution in [0.3, 0.4) is 0 Å². The lowest BCUT2D eigenvalue weighted by Gasteiger charge is -2.39. The van der Waals surface area contributed by atoms with E-state index in [0.717, 1.165) is 6.04 Å². The predicted molar refractivity (Wildman–Crippen MR) is 71.5 cm³/mol. The van der Waals surface area contributed by atoms with Gasteiger partial charge in [0, 0.05) is 30.7 Å². The monoisotopic (exact) mass is 224 g/mol. The summed E-state index contributed by atoms with van der Waals surface area (Å²) in [6.45, 7) is 10.6. The SMILES string of the molecule is C=C(NC1CCCCC1)C1CN(C)C1.CC. The van der Waals surface area contributed by atoms with Crippen molar-refractivity contribution in [1.82, 2.24) is 10.2 Å². The molecule has 2 nitrogen and oxygen atoms in total. The van der Waals surface area contributed by atoms with Gasteiger partial charge in [-0.2, -0.15) is 0 Å². The molecule has 0 aromatic heterocycles. The number of nitrogens with one attached hydrogen (secondary N) is 1. The molecule has 1 saturated heterocycles. The fourth-order valence-electron chi connectivity index (χ4n) is 2.55. The second-order valence-corrected chi connectivity index (χ2v) is 4.92. The van der Waals surface area contributed by atoms with Gasteiger partial charge in [0.15, 0.2) is 0 Å². The first-order valence-electron chi connectivity index (χ1n) is 6.89. The molecule has 0 aromatic carbocycles. The molecule has 2 heteroatoms. The van der Waals surface area contributed by atoms with Crippen molar-refractivity contribution in [3.05, 3.63) is 12.3 Å². The zero-order chi connectivity index (χ0) is 12.0. The molecule has 2 rings (SSSR count). The van der Waals surface area contributed by atoms with Crippen LogP contribution in [0.15, 0.2) is 12.3 Å². The quantitative estimate of drug-likeness (QED) is 0.793. The van der Waals surface area contributed by atoms with Crippen molar-refractivity contribution >= 4 is 0 Å². The van der Waals surface area contributed by atoms with E-state index in [1.165, 1.54) is 50.9 Å². The van der Waals surface area contributed by atoms with E-state index in [0.29, 0.717) is 5.92 Å².